The van der Waals surface area contributed by atoms with E-state index in [-0.39, 0.29) is 5.92 Å². The number of hydrogen-bond donors (Lipinski definition) is 2. The van der Waals surface area contributed by atoms with E-state index in [1.54, 1.807) is 6.20 Å². The van der Waals surface area contributed by atoms with Gasteiger partial charge in [-0.2, -0.15) is 5.10 Å². The molecular weight excluding hydrogens is 324 g/mol. The van der Waals surface area contributed by atoms with Gasteiger partial charge in [0.2, 0.25) is 10.0 Å². The van der Waals surface area contributed by atoms with Crippen molar-refractivity contribution in [2.45, 2.75) is 25.2 Å². The predicted octanol–water partition coefficient (Wildman–Crippen LogP) is 2.20. The number of benzene rings is 1. The number of likely N-dealkylation sites (tertiary alicyclic amines) is 1. The molecular formula is C17H24N4O2S. The highest BCUT2D eigenvalue weighted by atomic mass is 32.2. The van der Waals surface area contributed by atoms with E-state index in [9.17, 15) is 8.42 Å². The normalized spacial score (nSPS) is 19.3. The van der Waals surface area contributed by atoms with Gasteiger partial charge in [0.05, 0.1) is 23.8 Å². The number of H-pyrrole nitrogens is 1. The molecule has 1 saturated heterocycles. The van der Waals surface area contributed by atoms with Gasteiger partial charge in [-0.05, 0) is 31.4 Å². The van der Waals surface area contributed by atoms with Crippen molar-refractivity contribution < 1.29 is 8.42 Å². The summed E-state index contributed by atoms with van der Waals surface area (Å²) in [7, 11) is -3.29. The Labute approximate surface area is 143 Å². The molecule has 0 aliphatic carbocycles. The van der Waals surface area contributed by atoms with Gasteiger partial charge >= 0.3 is 0 Å². The van der Waals surface area contributed by atoms with E-state index in [1.807, 2.05) is 6.07 Å². The lowest BCUT2D eigenvalue weighted by molar-refractivity contribution is 0.208. The van der Waals surface area contributed by atoms with Crippen LogP contribution >= 0.6 is 0 Å². The third-order valence-corrected chi connectivity index (χ3v) is 5.03. The van der Waals surface area contributed by atoms with Gasteiger partial charge < -0.3 is 4.90 Å². The summed E-state index contributed by atoms with van der Waals surface area (Å²) in [6, 6.07) is 10.5. The maximum atomic E-state index is 11.5. The average molecular weight is 348 g/mol. The number of aromatic nitrogens is 2. The maximum absolute atomic E-state index is 11.5. The summed E-state index contributed by atoms with van der Waals surface area (Å²) < 4.78 is 25.5. The standard InChI is InChI=1S/C17H24N4O2S/c1-24(22,23)20-16-12-18-19-17(16)15-8-5-10-21(13-15)11-9-14-6-3-2-4-7-14/h2-4,6-7,12,15,20H,5,8-11,13H2,1H3,(H,18,19)/t15-/m1/s1. The minimum Gasteiger partial charge on any atom is -0.302 e. The lowest BCUT2D eigenvalue weighted by Gasteiger charge is -2.32. The Kier molecular flexibility index (Phi) is 5.20. The number of rotatable bonds is 6. The van der Waals surface area contributed by atoms with Crippen LogP contribution in [-0.4, -0.2) is 49.4 Å². The number of sulfonamides is 1. The van der Waals surface area contributed by atoms with Crippen LogP contribution in [-0.2, 0) is 16.4 Å². The van der Waals surface area contributed by atoms with Crippen LogP contribution < -0.4 is 4.72 Å². The van der Waals surface area contributed by atoms with E-state index in [1.165, 1.54) is 5.56 Å². The van der Waals surface area contributed by atoms with E-state index in [0.29, 0.717) is 5.69 Å². The monoisotopic (exact) mass is 348 g/mol. The van der Waals surface area contributed by atoms with E-state index in [0.717, 1.165) is 50.8 Å². The van der Waals surface area contributed by atoms with Gasteiger partial charge in [-0.3, -0.25) is 9.82 Å². The molecule has 0 bridgehead atoms. The fourth-order valence-electron chi connectivity index (χ4n) is 3.31. The van der Waals surface area contributed by atoms with Crippen LogP contribution in [0.5, 0.6) is 0 Å². The van der Waals surface area contributed by atoms with Crippen molar-refractivity contribution >= 4 is 15.7 Å². The molecule has 7 heteroatoms. The first kappa shape index (κ1) is 17.0. The quantitative estimate of drug-likeness (QED) is 0.839. The summed E-state index contributed by atoms with van der Waals surface area (Å²) in [6.07, 6.45) is 5.90. The molecule has 1 fully saturated rings. The Morgan fingerprint density at radius 3 is 2.88 bits per heavy atom. The number of piperidine rings is 1. The molecule has 2 aromatic rings. The Balaban J connectivity index is 1.62. The molecule has 2 heterocycles. The first-order valence-corrected chi connectivity index (χ1v) is 10.2. The van der Waals surface area contributed by atoms with Gasteiger partial charge in [0.25, 0.3) is 0 Å². The van der Waals surface area contributed by atoms with Crippen LogP contribution in [0.15, 0.2) is 36.5 Å². The number of anilines is 1. The Morgan fingerprint density at radius 2 is 2.12 bits per heavy atom. The van der Waals surface area contributed by atoms with Crippen molar-refractivity contribution in [3.8, 4) is 0 Å². The first-order valence-electron chi connectivity index (χ1n) is 8.28. The fourth-order valence-corrected chi connectivity index (χ4v) is 3.88. The van der Waals surface area contributed by atoms with E-state index < -0.39 is 10.0 Å². The van der Waals surface area contributed by atoms with Gasteiger partial charge in [0, 0.05) is 19.0 Å². The molecule has 0 unspecified atom stereocenters. The van der Waals surface area contributed by atoms with Crippen molar-refractivity contribution in [2.24, 2.45) is 0 Å². The minimum absolute atomic E-state index is 0.279. The maximum Gasteiger partial charge on any atom is 0.229 e. The number of nitrogens with zero attached hydrogens (tertiary/aromatic N) is 2. The van der Waals surface area contributed by atoms with Crippen molar-refractivity contribution in [2.75, 3.05) is 30.6 Å². The highest BCUT2D eigenvalue weighted by Crippen LogP contribution is 2.30. The van der Waals surface area contributed by atoms with E-state index >= 15 is 0 Å². The summed E-state index contributed by atoms with van der Waals surface area (Å²) in [4.78, 5) is 2.45. The zero-order valence-electron chi connectivity index (χ0n) is 13.9. The average Bonchev–Trinajstić information content (AvgIpc) is 3.00. The molecule has 6 nitrogen and oxygen atoms in total. The van der Waals surface area contributed by atoms with E-state index in [2.05, 4.69) is 44.1 Å². The molecule has 1 aliphatic heterocycles. The summed E-state index contributed by atoms with van der Waals surface area (Å²) in [5.41, 5.74) is 2.82. The van der Waals surface area contributed by atoms with Crippen molar-refractivity contribution in [1.29, 1.82) is 0 Å². The van der Waals surface area contributed by atoms with Crippen LogP contribution in [0.4, 0.5) is 5.69 Å². The van der Waals surface area contributed by atoms with Crippen LogP contribution in [0.3, 0.4) is 0 Å². The van der Waals surface area contributed by atoms with Crippen LogP contribution in [0.25, 0.3) is 0 Å². The second-order valence-electron chi connectivity index (χ2n) is 6.45. The Morgan fingerprint density at radius 1 is 1.33 bits per heavy atom. The molecule has 130 valence electrons. The smallest absolute Gasteiger partial charge is 0.229 e. The van der Waals surface area contributed by atoms with Crippen molar-refractivity contribution in [3.63, 3.8) is 0 Å². The second-order valence-corrected chi connectivity index (χ2v) is 8.20. The summed E-state index contributed by atoms with van der Waals surface area (Å²) in [5, 5.41) is 7.02. The lowest BCUT2D eigenvalue weighted by Crippen LogP contribution is -2.36. The van der Waals surface area contributed by atoms with Crippen LogP contribution in [0, 0.1) is 0 Å². The second kappa shape index (κ2) is 7.36. The topological polar surface area (TPSA) is 78.1 Å². The van der Waals surface area contributed by atoms with Gasteiger partial charge in [-0.25, -0.2) is 8.42 Å². The molecule has 0 saturated carbocycles. The first-order chi connectivity index (χ1) is 11.5. The van der Waals surface area contributed by atoms with Gasteiger partial charge in [-0.1, -0.05) is 30.3 Å². The van der Waals surface area contributed by atoms with Crippen LogP contribution in [0.1, 0.15) is 30.0 Å². The molecule has 0 amide bonds. The predicted molar refractivity (Wildman–Crippen MR) is 95.6 cm³/mol. The molecule has 1 aromatic heterocycles. The molecule has 1 aromatic carbocycles. The zero-order valence-corrected chi connectivity index (χ0v) is 14.7. The molecule has 0 radical (unpaired) electrons. The molecule has 3 rings (SSSR count). The Bertz CT molecular complexity index is 758. The largest absolute Gasteiger partial charge is 0.302 e. The van der Waals surface area contributed by atoms with E-state index in [4.69, 9.17) is 0 Å². The highest BCUT2D eigenvalue weighted by molar-refractivity contribution is 7.92. The zero-order chi connectivity index (χ0) is 17.0. The Hall–Kier alpha value is -1.86. The molecule has 0 spiro atoms. The number of hydrogen-bond acceptors (Lipinski definition) is 4. The molecule has 1 atom stereocenters. The van der Waals surface area contributed by atoms with Gasteiger partial charge in [0.1, 0.15) is 0 Å². The van der Waals surface area contributed by atoms with Crippen molar-refractivity contribution in [3.05, 3.63) is 47.8 Å². The minimum atomic E-state index is -3.29. The molecule has 1 aliphatic rings. The third-order valence-electron chi connectivity index (χ3n) is 4.44. The summed E-state index contributed by atoms with van der Waals surface area (Å²) >= 11 is 0. The summed E-state index contributed by atoms with van der Waals surface area (Å²) in [6.45, 7) is 3.03. The molecule has 24 heavy (non-hydrogen) atoms. The van der Waals surface area contributed by atoms with Gasteiger partial charge in [-0.15, -0.1) is 0 Å². The number of aromatic amines is 1. The SMILES string of the molecule is CS(=O)(=O)Nc1cn[nH]c1[C@@H]1CCCN(CCc2ccccc2)C1. The van der Waals surface area contributed by atoms with Crippen LogP contribution in [0.2, 0.25) is 0 Å². The third kappa shape index (κ3) is 4.58. The van der Waals surface area contributed by atoms with Gasteiger partial charge in [0.15, 0.2) is 0 Å². The molecule has 2 N–H and O–H groups in total. The fraction of sp³-hybridized carbons (Fsp3) is 0.471. The highest BCUT2D eigenvalue weighted by Gasteiger charge is 2.25. The lowest BCUT2D eigenvalue weighted by atomic mass is 9.94. The summed E-state index contributed by atoms with van der Waals surface area (Å²) in [5.74, 6) is 0.279. The number of nitrogens with one attached hydrogen (secondary N) is 2. The van der Waals surface area contributed by atoms with Crippen molar-refractivity contribution in [1.82, 2.24) is 15.1 Å².